The van der Waals surface area contributed by atoms with Crippen LogP contribution in [0.3, 0.4) is 0 Å². The monoisotopic (exact) mass is 374 g/mol. The molecule has 0 saturated carbocycles. The van der Waals surface area contributed by atoms with Gasteiger partial charge in [0.15, 0.2) is 12.7 Å². The van der Waals surface area contributed by atoms with Crippen LogP contribution in [0.1, 0.15) is 6.92 Å². The summed E-state index contributed by atoms with van der Waals surface area (Å²) in [6, 6.07) is 13.3. The Morgan fingerprint density at radius 2 is 1.37 bits per heavy atom. The Morgan fingerprint density at radius 3 is 1.96 bits per heavy atom. The van der Waals surface area contributed by atoms with Crippen molar-refractivity contribution in [2.24, 2.45) is 0 Å². The number of hydrogen-bond acceptors (Lipinski definition) is 8. The Labute approximate surface area is 157 Å². The van der Waals surface area contributed by atoms with Crippen molar-refractivity contribution in [3.8, 4) is 11.5 Å². The molecule has 0 aliphatic carbocycles. The first-order valence-electron chi connectivity index (χ1n) is 8.27. The topological polar surface area (TPSA) is 123 Å². The van der Waals surface area contributed by atoms with E-state index in [1.54, 1.807) is 55.5 Å². The zero-order chi connectivity index (χ0) is 19.6. The van der Waals surface area contributed by atoms with Crippen LogP contribution < -0.4 is 20.9 Å². The van der Waals surface area contributed by atoms with E-state index < -0.39 is 18.0 Å². The average Bonchev–Trinajstić information content (AvgIpc) is 2.66. The lowest BCUT2D eigenvalue weighted by Gasteiger charge is -2.14. The Kier molecular flexibility index (Phi) is 7.30. The normalized spacial score (nSPS) is 11.3. The largest absolute Gasteiger partial charge is 0.482 e. The van der Waals surface area contributed by atoms with Crippen molar-refractivity contribution in [1.29, 1.82) is 0 Å². The van der Waals surface area contributed by atoms with Crippen LogP contribution in [0.5, 0.6) is 11.5 Å². The van der Waals surface area contributed by atoms with Crippen molar-refractivity contribution in [3.63, 3.8) is 0 Å². The van der Waals surface area contributed by atoms with E-state index in [-0.39, 0.29) is 19.8 Å². The fraction of sp³-hybridized carbons (Fsp3) is 0.263. The molecule has 0 radical (unpaired) electrons. The predicted molar refractivity (Wildman–Crippen MR) is 99.2 cm³/mol. The molecule has 0 aliphatic heterocycles. The van der Waals surface area contributed by atoms with Crippen molar-refractivity contribution in [2.45, 2.75) is 13.0 Å². The first-order chi connectivity index (χ1) is 12.9. The fourth-order valence-corrected chi connectivity index (χ4v) is 1.96. The molecule has 0 heterocycles. The number of rotatable bonds is 9. The van der Waals surface area contributed by atoms with Crippen molar-refractivity contribution >= 4 is 23.3 Å². The molecule has 0 saturated heterocycles. The van der Waals surface area contributed by atoms with Gasteiger partial charge in [0.1, 0.15) is 24.7 Å². The van der Waals surface area contributed by atoms with Gasteiger partial charge in [-0.3, -0.25) is 0 Å². The fourth-order valence-electron chi connectivity index (χ4n) is 1.96. The first kappa shape index (κ1) is 19.9. The molecule has 8 nitrogen and oxygen atoms in total. The second-order valence-electron chi connectivity index (χ2n) is 5.57. The zero-order valence-electron chi connectivity index (χ0n) is 14.9. The van der Waals surface area contributed by atoms with Crippen molar-refractivity contribution in [2.75, 3.05) is 31.3 Å². The molecule has 1 atom stereocenters. The molecule has 2 aromatic carbocycles. The van der Waals surface area contributed by atoms with Gasteiger partial charge in [-0.2, -0.15) is 0 Å². The van der Waals surface area contributed by atoms with Crippen LogP contribution >= 0.6 is 0 Å². The predicted octanol–water partition coefficient (Wildman–Crippen LogP) is 1.78. The highest BCUT2D eigenvalue weighted by molar-refractivity contribution is 5.74. The van der Waals surface area contributed by atoms with E-state index in [4.69, 9.17) is 30.4 Å². The maximum absolute atomic E-state index is 11.8. The zero-order valence-corrected chi connectivity index (χ0v) is 14.9. The summed E-state index contributed by atoms with van der Waals surface area (Å²) in [4.78, 5) is 23.4. The number of benzene rings is 2. The number of carbonyl (C=O) groups excluding carboxylic acids is 2. The number of carbonyl (C=O) groups is 2. The van der Waals surface area contributed by atoms with E-state index in [1.165, 1.54) is 0 Å². The molecule has 8 heteroatoms. The van der Waals surface area contributed by atoms with Crippen molar-refractivity contribution < 1.29 is 28.5 Å². The minimum atomic E-state index is -0.807. The van der Waals surface area contributed by atoms with Gasteiger partial charge in [0.05, 0.1) is 0 Å². The van der Waals surface area contributed by atoms with Gasteiger partial charge in [-0.25, -0.2) is 9.59 Å². The molecule has 0 unspecified atom stereocenters. The molecule has 4 N–H and O–H groups in total. The molecule has 27 heavy (non-hydrogen) atoms. The molecule has 144 valence electrons. The molecule has 0 amide bonds. The second kappa shape index (κ2) is 9.91. The quantitative estimate of drug-likeness (QED) is 0.387. The summed E-state index contributed by atoms with van der Waals surface area (Å²) in [7, 11) is 0. The Morgan fingerprint density at radius 1 is 0.852 bits per heavy atom. The third kappa shape index (κ3) is 7.15. The lowest BCUT2D eigenvalue weighted by atomic mass is 10.3. The van der Waals surface area contributed by atoms with Crippen LogP contribution in [0.2, 0.25) is 0 Å². The van der Waals surface area contributed by atoms with Crippen LogP contribution in [0, 0.1) is 0 Å². The minimum Gasteiger partial charge on any atom is -0.482 e. The van der Waals surface area contributed by atoms with Gasteiger partial charge in [-0.05, 0) is 55.5 Å². The maximum atomic E-state index is 11.8. The highest BCUT2D eigenvalue weighted by Gasteiger charge is 2.16. The van der Waals surface area contributed by atoms with E-state index in [9.17, 15) is 9.59 Å². The standard InChI is InChI=1S/C19H22N2O6/c1-13(27-17-8-4-15(21)5-9-17)19(23)25-11-10-24-18(22)12-26-16-6-2-14(20)3-7-16/h2-9,13H,10-12,20-21H2,1H3/t13-/m0/s1. The number of ether oxygens (including phenoxy) is 4. The third-order valence-corrected chi connectivity index (χ3v) is 3.35. The molecule has 0 aliphatic rings. The van der Waals surface area contributed by atoms with Crippen LogP contribution in [0.15, 0.2) is 48.5 Å². The number of hydrogen-bond donors (Lipinski definition) is 2. The summed E-state index contributed by atoms with van der Waals surface area (Å²) in [5.74, 6) is -0.142. The molecule has 2 aromatic rings. The van der Waals surface area contributed by atoms with Crippen LogP contribution in [-0.4, -0.2) is 37.9 Å². The summed E-state index contributed by atoms with van der Waals surface area (Å²) in [5.41, 5.74) is 12.3. The maximum Gasteiger partial charge on any atom is 0.347 e. The summed E-state index contributed by atoms with van der Waals surface area (Å²) in [6.45, 7) is 1.14. The van der Waals surface area contributed by atoms with Crippen molar-refractivity contribution in [3.05, 3.63) is 48.5 Å². The van der Waals surface area contributed by atoms with Crippen molar-refractivity contribution in [1.82, 2.24) is 0 Å². The van der Waals surface area contributed by atoms with E-state index in [1.807, 2.05) is 0 Å². The first-order valence-corrected chi connectivity index (χ1v) is 8.27. The van der Waals surface area contributed by atoms with Gasteiger partial charge >= 0.3 is 11.9 Å². The molecule has 0 bridgehead atoms. The molecular formula is C19H22N2O6. The molecule has 2 rings (SSSR count). The van der Waals surface area contributed by atoms with Gasteiger partial charge in [0, 0.05) is 11.4 Å². The number of esters is 2. The highest BCUT2D eigenvalue weighted by Crippen LogP contribution is 2.15. The van der Waals surface area contributed by atoms with E-state index in [0.29, 0.717) is 22.9 Å². The number of nitrogen functional groups attached to an aromatic ring is 2. The second-order valence-corrected chi connectivity index (χ2v) is 5.57. The summed E-state index contributed by atoms with van der Waals surface area (Å²) < 4.78 is 20.6. The Bertz CT molecular complexity index is 746. The number of anilines is 2. The number of nitrogens with two attached hydrogens (primary N) is 2. The van der Waals surface area contributed by atoms with E-state index in [2.05, 4.69) is 0 Å². The van der Waals surface area contributed by atoms with Crippen LogP contribution in [0.25, 0.3) is 0 Å². The average molecular weight is 374 g/mol. The van der Waals surface area contributed by atoms with Gasteiger partial charge in [0.2, 0.25) is 0 Å². The van der Waals surface area contributed by atoms with Gasteiger partial charge < -0.3 is 30.4 Å². The van der Waals surface area contributed by atoms with Gasteiger partial charge in [0.25, 0.3) is 0 Å². The van der Waals surface area contributed by atoms with Gasteiger partial charge in [-0.1, -0.05) is 0 Å². The summed E-state index contributed by atoms with van der Waals surface area (Å²) >= 11 is 0. The van der Waals surface area contributed by atoms with Crippen LogP contribution in [-0.2, 0) is 19.1 Å². The van der Waals surface area contributed by atoms with Gasteiger partial charge in [-0.15, -0.1) is 0 Å². The molecule has 0 aromatic heterocycles. The Balaban J connectivity index is 1.60. The Hall–Kier alpha value is -3.42. The lowest BCUT2D eigenvalue weighted by Crippen LogP contribution is -2.28. The smallest absolute Gasteiger partial charge is 0.347 e. The summed E-state index contributed by atoms with van der Waals surface area (Å²) in [5, 5.41) is 0. The van der Waals surface area contributed by atoms with E-state index >= 15 is 0 Å². The molecule has 0 fully saturated rings. The van der Waals surface area contributed by atoms with E-state index in [0.717, 1.165) is 0 Å². The molecular weight excluding hydrogens is 352 g/mol. The minimum absolute atomic E-state index is 0.0791. The molecule has 0 spiro atoms. The SMILES string of the molecule is C[C@H](Oc1ccc(N)cc1)C(=O)OCCOC(=O)COc1ccc(N)cc1. The highest BCUT2D eigenvalue weighted by atomic mass is 16.6. The third-order valence-electron chi connectivity index (χ3n) is 3.35. The summed E-state index contributed by atoms with van der Waals surface area (Å²) in [6.07, 6.45) is -0.807. The van der Waals surface area contributed by atoms with Crippen LogP contribution in [0.4, 0.5) is 11.4 Å². The lowest BCUT2D eigenvalue weighted by molar-refractivity contribution is -0.157.